The number of ether oxygens (including phenoxy) is 1. The average molecular weight is 272 g/mol. The van der Waals surface area contributed by atoms with E-state index >= 15 is 0 Å². The van der Waals surface area contributed by atoms with Gasteiger partial charge < -0.3 is 34.9 Å². The highest BCUT2D eigenvalue weighted by Gasteiger charge is 2.43. The summed E-state index contributed by atoms with van der Waals surface area (Å²) < 4.78 is 15.7. The molecule has 6 N–H and O–H groups in total. The zero-order valence-corrected chi connectivity index (χ0v) is 9.85. The van der Waals surface area contributed by atoms with Crippen molar-refractivity contribution in [3.63, 3.8) is 0 Å². The monoisotopic (exact) mass is 272 g/mol. The van der Waals surface area contributed by atoms with Gasteiger partial charge >= 0.3 is 7.60 Å². The normalized spacial score (nSPS) is 39.3. The molecule has 1 saturated heterocycles. The Morgan fingerprint density at radius 3 is 2.00 bits per heavy atom. The lowest BCUT2D eigenvalue weighted by Crippen LogP contribution is -2.58. The zero-order chi connectivity index (χ0) is 13.2. The van der Waals surface area contributed by atoms with E-state index in [9.17, 15) is 19.9 Å². The molecule has 5 atom stereocenters. The van der Waals surface area contributed by atoms with E-state index in [4.69, 9.17) is 19.6 Å². The summed E-state index contributed by atoms with van der Waals surface area (Å²) in [5, 5.41) is 37.3. The molecule has 102 valence electrons. The molecule has 9 heteroatoms. The van der Waals surface area contributed by atoms with E-state index in [-0.39, 0.29) is 6.42 Å². The van der Waals surface area contributed by atoms with Crippen molar-refractivity contribution >= 4 is 7.60 Å². The predicted octanol–water partition coefficient (Wildman–Crippen LogP) is -2.60. The van der Waals surface area contributed by atoms with Gasteiger partial charge in [-0.3, -0.25) is 4.57 Å². The van der Waals surface area contributed by atoms with E-state index in [0.29, 0.717) is 0 Å². The van der Waals surface area contributed by atoms with Crippen LogP contribution in [0.5, 0.6) is 0 Å². The van der Waals surface area contributed by atoms with Crippen molar-refractivity contribution in [3.05, 3.63) is 0 Å². The maximum atomic E-state index is 10.7. The molecule has 0 spiro atoms. The Bertz CT molecular complexity index is 289. The standard InChI is InChI=1S/C8H17O8P/c9-3-5-7(11)8(12)6(10)4(16-5)1-2-17(13,14)15/h4-12H,1-3H2,(H2,13,14,15)/t4-,5-,6+,7+,8-/m1/s1. The van der Waals surface area contributed by atoms with E-state index in [1.54, 1.807) is 0 Å². The van der Waals surface area contributed by atoms with Gasteiger partial charge in [0, 0.05) is 0 Å². The van der Waals surface area contributed by atoms with Gasteiger partial charge in [-0.2, -0.15) is 0 Å². The van der Waals surface area contributed by atoms with Crippen LogP contribution in [0, 0.1) is 0 Å². The Balaban J connectivity index is 2.62. The minimum atomic E-state index is -4.22. The van der Waals surface area contributed by atoms with Gasteiger partial charge in [-0.25, -0.2) is 0 Å². The Kier molecular flexibility index (Phi) is 5.06. The second-order valence-electron chi connectivity index (χ2n) is 4.04. The quantitative estimate of drug-likeness (QED) is 0.305. The highest BCUT2D eigenvalue weighted by Crippen LogP contribution is 2.37. The van der Waals surface area contributed by atoms with Crippen molar-refractivity contribution in [1.82, 2.24) is 0 Å². The topological polar surface area (TPSA) is 148 Å². The van der Waals surface area contributed by atoms with Crippen LogP contribution in [0.1, 0.15) is 6.42 Å². The molecule has 0 radical (unpaired) electrons. The minimum Gasteiger partial charge on any atom is -0.394 e. The first kappa shape index (κ1) is 15.0. The van der Waals surface area contributed by atoms with Crippen molar-refractivity contribution in [2.75, 3.05) is 12.8 Å². The van der Waals surface area contributed by atoms with Gasteiger partial charge in [-0.1, -0.05) is 0 Å². The minimum absolute atomic E-state index is 0.175. The predicted molar refractivity (Wildman–Crippen MR) is 55.3 cm³/mol. The maximum Gasteiger partial charge on any atom is 0.325 e. The molecule has 0 saturated carbocycles. The van der Waals surface area contributed by atoms with Crippen LogP contribution in [0.4, 0.5) is 0 Å². The maximum absolute atomic E-state index is 10.7. The molecule has 1 aliphatic heterocycles. The van der Waals surface area contributed by atoms with Crippen molar-refractivity contribution < 1.29 is 39.5 Å². The number of hydrogen-bond donors (Lipinski definition) is 6. The highest BCUT2D eigenvalue weighted by molar-refractivity contribution is 7.51. The molecule has 1 rings (SSSR count). The lowest BCUT2D eigenvalue weighted by Gasteiger charge is -2.40. The first-order valence-electron chi connectivity index (χ1n) is 5.11. The molecular weight excluding hydrogens is 255 g/mol. The second-order valence-corrected chi connectivity index (χ2v) is 5.82. The molecule has 0 aliphatic carbocycles. The highest BCUT2D eigenvalue weighted by atomic mass is 31.2. The van der Waals surface area contributed by atoms with Crippen LogP contribution in [0.25, 0.3) is 0 Å². The third-order valence-electron chi connectivity index (χ3n) is 2.70. The van der Waals surface area contributed by atoms with Gasteiger partial charge in [0.2, 0.25) is 0 Å². The molecular formula is C8H17O8P. The van der Waals surface area contributed by atoms with E-state index in [0.717, 1.165) is 0 Å². The molecule has 8 nitrogen and oxygen atoms in total. The summed E-state index contributed by atoms with van der Waals surface area (Å²) in [4.78, 5) is 17.4. The zero-order valence-electron chi connectivity index (χ0n) is 8.96. The molecule has 0 amide bonds. The molecule has 17 heavy (non-hydrogen) atoms. The van der Waals surface area contributed by atoms with Crippen LogP contribution < -0.4 is 0 Å². The number of rotatable bonds is 4. The first-order valence-corrected chi connectivity index (χ1v) is 6.91. The molecule has 1 heterocycles. The van der Waals surface area contributed by atoms with Crippen LogP contribution in [-0.4, -0.2) is 73.5 Å². The summed E-state index contributed by atoms with van der Waals surface area (Å²) in [6.07, 6.45) is -7.17. The van der Waals surface area contributed by atoms with Crippen LogP contribution in [-0.2, 0) is 9.30 Å². The fraction of sp³-hybridized carbons (Fsp3) is 1.00. The fourth-order valence-corrected chi connectivity index (χ4v) is 2.30. The molecule has 0 unspecified atom stereocenters. The SMILES string of the molecule is O=P(O)(O)CC[C@H]1O[C@H](CO)[C@H](O)[C@H](O)[C@H]1O. The summed E-state index contributed by atoms with van der Waals surface area (Å²) in [5.41, 5.74) is 0. The number of aliphatic hydroxyl groups excluding tert-OH is 4. The Labute approximate surface area is 97.6 Å². The van der Waals surface area contributed by atoms with E-state index < -0.39 is 50.9 Å². The van der Waals surface area contributed by atoms with E-state index in [1.165, 1.54) is 0 Å². The van der Waals surface area contributed by atoms with E-state index in [2.05, 4.69) is 0 Å². The smallest absolute Gasteiger partial charge is 0.325 e. The summed E-state index contributed by atoms with van der Waals surface area (Å²) in [5.74, 6) is 0. The molecule has 0 aromatic carbocycles. The number of hydrogen-bond acceptors (Lipinski definition) is 6. The summed E-state index contributed by atoms with van der Waals surface area (Å²) in [7, 11) is -4.22. The van der Waals surface area contributed by atoms with Gasteiger partial charge in [-0.15, -0.1) is 0 Å². The van der Waals surface area contributed by atoms with Crippen molar-refractivity contribution in [2.45, 2.75) is 36.9 Å². The molecule has 0 aromatic heterocycles. The van der Waals surface area contributed by atoms with Crippen LogP contribution in [0.3, 0.4) is 0 Å². The van der Waals surface area contributed by atoms with Gasteiger partial charge in [0.1, 0.15) is 24.4 Å². The molecule has 0 aromatic rings. The lowest BCUT2D eigenvalue weighted by atomic mass is 9.94. The molecule has 1 fully saturated rings. The van der Waals surface area contributed by atoms with E-state index in [1.807, 2.05) is 0 Å². The third-order valence-corrected chi connectivity index (χ3v) is 3.54. The average Bonchev–Trinajstić information content (AvgIpc) is 2.24. The van der Waals surface area contributed by atoms with Gasteiger partial charge in [0.25, 0.3) is 0 Å². The van der Waals surface area contributed by atoms with Crippen LogP contribution >= 0.6 is 7.60 Å². The van der Waals surface area contributed by atoms with Crippen LogP contribution in [0.2, 0.25) is 0 Å². The largest absolute Gasteiger partial charge is 0.394 e. The second kappa shape index (κ2) is 5.73. The number of aliphatic hydroxyl groups is 4. The Hall–Kier alpha value is -0.0500. The third kappa shape index (κ3) is 3.97. The fourth-order valence-electron chi connectivity index (χ4n) is 1.71. The Morgan fingerprint density at radius 1 is 1.00 bits per heavy atom. The van der Waals surface area contributed by atoms with Crippen molar-refractivity contribution in [2.24, 2.45) is 0 Å². The van der Waals surface area contributed by atoms with Crippen LogP contribution in [0.15, 0.2) is 0 Å². The summed E-state index contributed by atoms with van der Waals surface area (Å²) >= 11 is 0. The molecule has 0 bridgehead atoms. The summed E-state index contributed by atoms with van der Waals surface area (Å²) in [6.45, 7) is -0.558. The first-order chi connectivity index (χ1) is 7.76. The van der Waals surface area contributed by atoms with Gasteiger partial charge in [0.05, 0.1) is 18.9 Å². The van der Waals surface area contributed by atoms with Gasteiger partial charge in [-0.05, 0) is 6.42 Å². The van der Waals surface area contributed by atoms with Gasteiger partial charge in [0.15, 0.2) is 0 Å². The Morgan fingerprint density at radius 2 is 1.53 bits per heavy atom. The lowest BCUT2D eigenvalue weighted by molar-refractivity contribution is -0.229. The summed E-state index contributed by atoms with van der Waals surface area (Å²) in [6, 6.07) is 0. The van der Waals surface area contributed by atoms with Crippen molar-refractivity contribution in [1.29, 1.82) is 0 Å². The van der Waals surface area contributed by atoms with Crippen molar-refractivity contribution in [3.8, 4) is 0 Å². The molecule has 1 aliphatic rings.